The fourth-order valence-corrected chi connectivity index (χ4v) is 0.570. The maximum atomic E-state index is 11.6. The molecule has 0 aromatic carbocycles. The maximum absolute atomic E-state index is 11.6. The average molecular weight is 209 g/mol. The largest absolute Gasteiger partial charge is 0.471 e. The Kier molecular flexibility index (Phi) is 5.53. The number of ether oxygens (including phenoxy) is 1. The molecule has 0 aliphatic carbocycles. The summed E-state index contributed by atoms with van der Waals surface area (Å²) in [5, 5.41) is 1.71. The second-order valence-electron chi connectivity index (χ2n) is 2.31. The fourth-order valence-electron chi connectivity index (χ4n) is 0.570. The first-order valence-corrected chi connectivity index (χ1v) is 3.87. The quantitative estimate of drug-likeness (QED) is 0.555. The van der Waals surface area contributed by atoms with Crippen molar-refractivity contribution in [3.63, 3.8) is 0 Å². The number of halogens is 3. The van der Waals surface area contributed by atoms with Crippen molar-refractivity contribution in [1.82, 2.24) is 5.32 Å². The van der Waals surface area contributed by atoms with Crippen LogP contribution in [0.4, 0.5) is 13.2 Å². The summed E-state index contributed by atoms with van der Waals surface area (Å²) >= 11 is 0. The first-order valence-electron chi connectivity index (χ1n) is 3.87. The predicted molar refractivity (Wildman–Crippen MR) is 43.1 cm³/mol. The van der Waals surface area contributed by atoms with Crippen LogP contribution in [-0.2, 0) is 9.53 Å². The molecule has 0 aromatic heterocycles. The molecule has 0 saturated carbocycles. The lowest BCUT2D eigenvalue weighted by Crippen LogP contribution is -2.37. The van der Waals surface area contributed by atoms with Crippen molar-refractivity contribution in [2.45, 2.75) is 19.5 Å². The van der Waals surface area contributed by atoms with E-state index in [1.165, 1.54) is 0 Å². The van der Waals surface area contributed by atoms with Crippen LogP contribution in [-0.4, -0.2) is 25.2 Å². The van der Waals surface area contributed by atoms with Crippen LogP contribution in [0.3, 0.4) is 0 Å². The second-order valence-corrected chi connectivity index (χ2v) is 2.31. The highest BCUT2D eigenvalue weighted by molar-refractivity contribution is 5.81. The molecule has 0 aliphatic heterocycles. The first-order chi connectivity index (χ1) is 6.48. The van der Waals surface area contributed by atoms with Gasteiger partial charge in [-0.1, -0.05) is 5.92 Å². The molecule has 0 radical (unpaired) electrons. The summed E-state index contributed by atoms with van der Waals surface area (Å²) in [6, 6.07) is 0. The Labute approximate surface area is 79.6 Å². The summed E-state index contributed by atoms with van der Waals surface area (Å²) in [6.45, 7) is 1.69. The minimum Gasteiger partial charge on any atom is -0.447 e. The standard InChI is InChI=1S/C8H10F3NO2/c1-2-5-14-6-3-4-12-7(13)8(9,10)11/h3-4,6H2,1H3,(H,12,13). The normalized spacial score (nSPS) is 10.0. The van der Waals surface area contributed by atoms with Gasteiger partial charge < -0.3 is 10.1 Å². The first kappa shape index (κ1) is 12.6. The Morgan fingerprint density at radius 1 is 1.50 bits per heavy atom. The van der Waals surface area contributed by atoms with E-state index in [0.29, 0.717) is 0 Å². The van der Waals surface area contributed by atoms with Gasteiger partial charge in [0.15, 0.2) is 0 Å². The smallest absolute Gasteiger partial charge is 0.447 e. The molecule has 0 rings (SSSR count). The van der Waals surface area contributed by atoms with Gasteiger partial charge in [-0.05, 0) is 6.42 Å². The Morgan fingerprint density at radius 2 is 2.14 bits per heavy atom. The predicted octanol–water partition coefficient (Wildman–Crippen LogP) is 1.05. The zero-order chi connectivity index (χ0) is 11.0. The molecule has 0 bridgehead atoms. The van der Waals surface area contributed by atoms with Crippen LogP contribution in [0.1, 0.15) is 13.3 Å². The lowest BCUT2D eigenvalue weighted by Gasteiger charge is -2.06. The van der Waals surface area contributed by atoms with Crippen molar-refractivity contribution in [3.05, 3.63) is 0 Å². The Balaban J connectivity index is 3.45. The van der Waals surface area contributed by atoms with Crippen LogP contribution in [0.15, 0.2) is 0 Å². The third-order valence-corrected chi connectivity index (χ3v) is 1.14. The molecule has 14 heavy (non-hydrogen) atoms. The number of hydrogen-bond donors (Lipinski definition) is 1. The van der Waals surface area contributed by atoms with Gasteiger partial charge in [0.2, 0.25) is 0 Å². The van der Waals surface area contributed by atoms with Crippen LogP contribution in [0.25, 0.3) is 0 Å². The average Bonchev–Trinajstić information content (AvgIpc) is 2.09. The highest BCUT2D eigenvalue weighted by Gasteiger charge is 2.38. The number of hydrogen-bond acceptors (Lipinski definition) is 2. The number of amides is 1. The van der Waals surface area contributed by atoms with Crippen molar-refractivity contribution in [3.8, 4) is 12.0 Å². The molecular weight excluding hydrogens is 199 g/mol. The molecule has 0 aromatic rings. The highest BCUT2D eigenvalue weighted by Crippen LogP contribution is 2.13. The number of carbonyl (C=O) groups is 1. The van der Waals surface area contributed by atoms with Crippen molar-refractivity contribution in [2.75, 3.05) is 13.2 Å². The molecule has 80 valence electrons. The zero-order valence-corrected chi connectivity index (χ0v) is 7.57. The molecule has 1 amide bonds. The number of carbonyl (C=O) groups excluding carboxylic acids is 1. The molecule has 3 nitrogen and oxygen atoms in total. The van der Waals surface area contributed by atoms with E-state index in [-0.39, 0.29) is 19.6 Å². The van der Waals surface area contributed by atoms with Gasteiger partial charge in [0.25, 0.3) is 0 Å². The number of nitrogens with one attached hydrogen (secondary N) is 1. The van der Waals surface area contributed by atoms with E-state index in [4.69, 9.17) is 0 Å². The van der Waals surface area contributed by atoms with Gasteiger partial charge in [-0.15, -0.1) is 0 Å². The van der Waals surface area contributed by atoms with E-state index >= 15 is 0 Å². The third-order valence-electron chi connectivity index (χ3n) is 1.14. The van der Waals surface area contributed by atoms with E-state index in [1.54, 1.807) is 12.2 Å². The number of rotatable bonds is 4. The van der Waals surface area contributed by atoms with Crippen molar-refractivity contribution in [2.24, 2.45) is 0 Å². The summed E-state index contributed by atoms with van der Waals surface area (Å²) in [7, 11) is 0. The second kappa shape index (κ2) is 6.13. The minimum atomic E-state index is -4.82. The van der Waals surface area contributed by atoms with Crippen LogP contribution in [0.5, 0.6) is 0 Å². The van der Waals surface area contributed by atoms with Gasteiger partial charge in [0.1, 0.15) is 12.7 Å². The Bertz CT molecular complexity index is 239. The topological polar surface area (TPSA) is 38.3 Å². The SMILES string of the molecule is CC#COCCCNC(=O)C(F)(F)F. The van der Waals surface area contributed by atoms with E-state index in [1.807, 2.05) is 0 Å². The summed E-state index contributed by atoms with van der Waals surface area (Å²) in [5.41, 5.74) is 0. The van der Waals surface area contributed by atoms with Crippen LogP contribution in [0, 0.1) is 12.0 Å². The minimum absolute atomic E-state index is 0.0796. The van der Waals surface area contributed by atoms with Gasteiger partial charge in [-0.25, -0.2) is 0 Å². The summed E-state index contributed by atoms with van der Waals surface area (Å²) in [5.74, 6) is 0.521. The van der Waals surface area contributed by atoms with Gasteiger partial charge >= 0.3 is 12.1 Å². The molecule has 0 unspecified atom stereocenters. The zero-order valence-electron chi connectivity index (χ0n) is 7.57. The van der Waals surface area contributed by atoms with E-state index in [2.05, 4.69) is 16.8 Å². The summed E-state index contributed by atoms with van der Waals surface area (Å²) < 4.78 is 39.5. The molecule has 0 fully saturated rings. The van der Waals surface area contributed by atoms with Gasteiger partial charge in [-0.2, -0.15) is 13.2 Å². The van der Waals surface area contributed by atoms with Crippen LogP contribution < -0.4 is 5.32 Å². The molecule has 0 atom stereocenters. The van der Waals surface area contributed by atoms with Crippen LogP contribution >= 0.6 is 0 Å². The molecular formula is C8H10F3NO2. The Morgan fingerprint density at radius 3 is 2.64 bits per heavy atom. The Hall–Kier alpha value is -1.38. The van der Waals surface area contributed by atoms with E-state index < -0.39 is 12.1 Å². The maximum Gasteiger partial charge on any atom is 0.471 e. The van der Waals surface area contributed by atoms with Gasteiger partial charge in [0.05, 0.1) is 0 Å². The van der Waals surface area contributed by atoms with Crippen molar-refractivity contribution in [1.29, 1.82) is 0 Å². The summed E-state index contributed by atoms with van der Waals surface area (Å²) in [6.07, 6.45) is -2.25. The molecule has 0 heterocycles. The van der Waals surface area contributed by atoms with Crippen molar-refractivity contribution < 1.29 is 22.7 Å². The van der Waals surface area contributed by atoms with Crippen molar-refractivity contribution >= 4 is 5.91 Å². The van der Waals surface area contributed by atoms with Crippen LogP contribution in [0.2, 0.25) is 0 Å². The van der Waals surface area contributed by atoms with Gasteiger partial charge in [-0.3, -0.25) is 4.79 Å². The molecule has 1 N–H and O–H groups in total. The highest BCUT2D eigenvalue weighted by atomic mass is 19.4. The third kappa shape index (κ3) is 6.17. The van der Waals surface area contributed by atoms with E-state index in [9.17, 15) is 18.0 Å². The lowest BCUT2D eigenvalue weighted by atomic mass is 10.4. The molecule has 0 spiro atoms. The molecule has 6 heteroatoms. The molecule has 0 aliphatic rings. The van der Waals surface area contributed by atoms with Gasteiger partial charge in [0, 0.05) is 13.5 Å². The lowest BCUT2D eigenvalue weighted by molar-refractivity contribution is -0.173. The monoisotopic (exact) mass is 209 g/mol. The fraction of sp³-hybridized carbons (Fsp3) is 0.625. The summed E-state index contributed by atoms with van der Waals surface area (Å²) in [4.78, 5) is 10.2. The molecule has 0 saturated heterocycles. The number of alkyl halides is 3. The van der Waals surface area contributed by atoms with E-state index in [0.717, 1.165) is 0 Å².